The van der Waals surface area contributed by atoms with Crippen LogP contribution in [0.4, 0.5) is 11.4 Å². The highest BCUT2D eigenvalue weighted by molar-refractivity contribution is 7.16. The number of nitrogens with one attached hydrogen (secondary N) is 1. The number of hydrogen-bond donors (Lipinski definition) is 2. The summed E-state index contributed by atoms with van der Waals surface area (Å²) in [6.07, 6.45) is 7.33. The molecule has 0 bridgehead atoms. The van der Waals surface area contributed by atoms with Crippen LogP contribution in [0, 0.1) is 0 Å². The van der Waals surface area contributed by atoms with Crippen molar-refractivity contribution in [1.29, 1.82) is 0 Å². The molecule has 0 radical (unpaired) electrons. The maximum absolute atomic E-state index is 6.12. The van der Waals surface area contributed by atoms with Gasteiger partial charge in [-0.1, -0.05) is 11.6 Å². The van der Waals surface area contributed by atoms with Gasteiger partial charge in [0.1, 0.15) is 5.52 Å². The first-order valence-electron chi connectivity index (χ1n) is 6.38. The topological polar surface area (TPSA) is 50.9 Å². The van der Waals surface area contributed by atoms with E-state index in [1.807, 2.05) is 5.51 Å². The quantitative estimate of drug-likeness (QED) is 0.648. The van der Waals surface area contributed by atoms with Gasteiger partial charge in [-0.3, -0.25) is 0 Å². The lowest BCUT2D eigenvalue weighted by molar-refractivity contribution is 0.863. The average molecular weight is 259 g/mol. The van der Waals surface area contributed by atoms with Crippen molar-refractivity contribution in [2.75, 3.05) is 17.6 Å². The van der Waals surface area contributed by atoms with Crippen LogP contribution < -0.4 is 11.1 Å². The molecule has 3 rings (SSSR count). The molecule has 0 spiro atoms. The van der Waals surface area contributed by atoms with Gasteiger partial charge in [0.2, 0.25) is 0 Å². The zero-order valence-electron chi connectivity index (χ0n) is 10.3. The third-order valence-corrected chi connectivity index (χ3v) is 4.23. The highest BCUT2D eigenvalue weighted by Crippen LogP contribution is 2.30. The predicted octanol–water partition coefficient (Wildman–Crippen LogP) is 3.79. The number of fused-ring (bicyclic) bond motifs is 1. The normalized spacial score (nSPS) is 15.0. The molecule has 18 heavy (non-hydrogen) atoms. The van der Waals surface area contributed by atoms with E-state index >= 15 is 0 Å². The number of benzene rings is 1. The molecule has 1 aliphatic carbocycles. The van der Waals surface area contributed by atoms with Crippen LogP contribution in [0.15, 0.2) is 29.3 Å². The molecule has 0 amide bonds. The molecule has 1 aliphatic rings. The van der Waals surface area contributed by atoms with Crippen LogP contribution in [0.5, 0.6) is 0 Å². The average Bonchev–Trinajstić information content (AvgIpc) is 3.02. The lowest BCUT2D eigenvalue weighted by Crippen LogP contribution is -2.05. The number of nitrogens with zero attached hydrogens (tertiary/aromatic N) is 1. The fraction of sp³-hybridized carbons (Fsp3) is 0.357. The minimum absolute atomic E-state index is 0.772. The van der Waals surface area contributed by atoms with E-state index in [1.54, 1.807) is 16.9 Å². The highest BCUT2D eigenvalue weighted by atomic mass is 32.1. The summed E-state index contributed by atoms with van der Waals surface area (Å²) in [5.74, 6) is 0. The summed E-state index contributed by atoms with van der Waals surface area (Å²) in [6, 6.07) is 4.14. The van der Waals surface area contributed by atoms with Gasteiger partial charge in [0.25, 0.3) is 0 Å². The van der Waals surface area contributed by atoms with E-state index in [9.17, 15) is 0 Å². The van der Waals surface area contributed by atoms with Gasteiger partial charge in [-0.2, -0.15) is 0 Å². The van der Waals surface area contributed by atoms with Crippen molar-refractivity contribution in [2.45, 2.75) is 25.7 Å². The Labute approximate surface area is 111 Å². The lowest BCUT2D eigenvalue weighted by Gasteiger charge is -2.10. The number of hydrogen-bond acceptors (Lipinski definition) is 4. The minimum atomic E-state index is 0.772. The first kappa shape index (κ1) is 11.5. The molecule has 1 aromatic carbocycles. The molecule has 2 aromatic rings. The van der Waals surface area contributed by atoms with Crippen molar-refractivity contribution in [3.63, 3.8) is 0 Å². The fourth-order valence-corrected chi connectivity index (χ4v) is 3.12. The van der Waals surface area contributed by atoms with Gasteiger partial charge in [0, 0.05) is 6.54 Å². The van der Waals surface area contributed by atoms with E-state index in [0.717, 1.165) is 34.6 Å². The first-order valence-corrected chi connectivity index (χ1v) is 7.26. The Morgan fingerprint density at radius 3 is 3.17 bits per heavy atom. The fourth-order valence-electron chi connectivity index (χ4n) is 2.43. The molecule has 0 saturated heterocycles. The summed E-state index contributed by atoms with van der Waals surface area (Å²) < 4.78 is 1.15. The van der Waals surface area contributed by atoms with Crippen LogP contribution >= 0.6 is 11.3 Å². The second kappa shape index (κ2) is 4.98. The summed E-state index contributed by atoms with van der Waals surface area (Å²) >= 11 is 1.63. The van der Waals surface area contributed by atoms with E-state index in [0.29, 0.717) is 0 Å². The number of nitrogen functional groups attached to an aromatic ring is 1. The van der Waals surface area contributed by atoms with Crippen molar-refractivity contribution in [3.05, 3.63) is 29.3 Å². The third-order valence-electron chi connectivity index (χ3n) is 3.44. The van der Waals surface area contributed by atoms with Gasteiger partial charge in [-0.15, -0.1) is 11.3 Å². The number of nitrogens with two attached hydrogens (primary N) is 1. The molecule has 3 N–H and O–H groups in total. The molecule has 0 fully saturated rings. The van der Waals surface area contributed by atoms with Crippen LogP contribution in [-0.2, 0) is 0 Å². The van der Waals surface area contributed by atoms with E-state index in [2.05, 4.69) is 28.5 Å². The number of thiazole rings is 1. The molecule has 3 nitrogen and oxygen atoms in total. The molecule has 0 aliphatic heterocycles. The summed E-state index contributed by atoms with van der Waals surface area (Å²) in [6.45, 7) is 0.950. The van der Waals surface area contributed by atoms with Gasteiger partial charge >= 0.3 is 0 Å². The monoisotopic (exact) mass is 259 g/mol. The van der Waals surface area contributed by atoms with Crippen LogP contribution in [-0.4, -0.2) is 11.5 Å². The Morgan fingerprint density at radius 2 is 2.33 bits per heavy atom. The van der Waals surface area contributed by atoms with Gasteiger partial charge in [-0.05, 0) is 37.8 Å². The number of rotatable bonds is 4. The zero-order chi connectivity index (χ0) is 12.4. The Hall–Kier alpha value is -1.55. The largest absolute Gasteiger partial charge is 0.395 e. The van der Waals surface area contributed by atoms with Gasteiger partial charge in [-0.25, -0.2) is 4.98 Å². The molecular weight excluding hydrogens is 242 g/mol. The molecule has 94 valence electrons. The second-order valence-electron chi connectivity index (χ2n) is 4.66. The Balaban J connectivity index is 1.68. The minimum Gasteiger partial charge on any atom is -0.395 e. The molecule has 0 unspecified atom stereocenters. The van der Waals surface area contributed by atoms with Gasteiger partial charge in [0.15, 0.2) is 0 Å². The summed E-state index contributed by atoms with van der Waals surface area (Å²) in [5.41, 5.74) is 12.2. The third kappa shape index (κ3) is 2.20. The van der Waals surface area contributed by atoms with Crippen molar-refractivity contribution >= 4 is 32.9 Å². The smallest absolute Gasteiger partial charge is 0.106 e. The summed E-state index contributed by atoms with van der Waals surface area (Å²) in [4.78, 5) is 4.31. The molecule has 0 saturated carbocycles. The van der Waals surface area contributed by atoms with E-state index in [-0.39, 0.29) is 0 Å². The summed E-state index contributed by atoms with van der Waals surface area (Å²) in [5, 5.41) is 3.42. The Morgan fingerprint density at radius 1 is 1.39 bits per heavy atom. The van der Waals surface area contributed by atoms with Gasteiger partial charge < -0.3 is 11.1 Å². The van der Waals surface area contributed by atoms with Crippen molar-refractivity contribution in [2.24, 2.45) is 0 Å². The number of allylic oxidation sites excluding steroid dienone is 1. The maximum atomic E-state index is 6.12. The number of aromatic nitrogens is 1. The van der Waals surface area contributed by atoms with Crippen molar-refractivity contribution < 1.29 is 0 Å². The predicted molar refractivity (Wildman–Crippen MR) is 79.1 cm³/mol. The van der Waals surface area contributed by atoms with Crippen molar-refractivity contribution in [3.8, 4) is 0 Å². The van der Waals surface area contributed by atoms with E-state index in [1.165, 1.54) is 19.3 Å². The highest BCUT2D eigenvalue weighted by Gasteiger charge is 2.07. The van der Waals surface area contributed by atoms with Crippen molar-refractivity contribution in [1.82, 2.24) is 4.98 Å². The standard InChI is InChI=1S/C14H17N3S/c15-13-11(5-6-12-14(13)17-9-18-12)16-8-7-10-3-1-2-4-10/h3,5-6,9,16H,1-2,4,7-8,15H2. The molecule has 0 atom stereocenters. The van der Waals surface area contributed by atoms with E-state index in [4.69, 9.17) is 5.73 Å². The lowest BCUT2D eigenvalue weighted by atomic mass is 10.1. The van der Waals surface area contributed by atoms with Gasteiger partial charge in [0.05, 0.1) is 21.6 Å². The number of anilines is 2. The van der Waals surface area contributed by atoms with E-state index < -0.39 is 0 Å². The maximum Gasteiger partial charge on any atom is 0.106 e. The second-order valence-corrected chi connectivity index (χ2v) is 5.54. The summed E-state index contributed by atoms with van der Waals surface area (Å²) in [7, 11) is 0. The molecule has 1 aromatic heterocycles. The molecule has 4 heteroatoms. The first-order chi connectivity index (χ1) is 8.84. The molecule has 1 heterocycles. The zero-order valence-corrected chi connectivity index (χ0v) is 11.1. The van der Waals surface area contributed by atoms with Crippen LogP contribution in [0.2, 0.25) is 0 Å². The Kier molecular flexibility index (Phi) is 3.19. The van der Waals surface area contributed by atoms with Crippen LogP contribution in [0.3, 0.4) is 0 Å². The molecular formula is C14H17N3S. The van der Waals surface area contributed by atoms with Crippen LogP contribution in [0.25, 0.3) is 10.2 Å². The van der Waals surface area contributed by atoms with Crippen LogP contribution in [0.1, 0.15) is 25.7 Å². The Bertz CT molecular complexity index is 586. The SMILES string of the molecule is Nc1c(NCCC2=CCCC2)ccc2scnc12.